The molecule has 0 aromatic carbocycles. The highest BCUT2D eigenvalue weighted by atomic mass is 14.9. The van der Waals surface area contributed by atoms with Crippen molar-refractivity contribution in [3.63, 3.8) is 0 Å². The lowest BCUT2D eigenvalue weighted by Crippen LogP contribution is -2.26. The van der Waals surface area contributed by atoms with Gasteiger partial charge in [0.1, 0.15) is 0 Å². The van der Waals surface area contributed by atoms with Gasteiger partial charge in [-0.3, -0.25) is 0 Å². The third-order valence-electron chi connectivity index (χ3n) is 4.76. The van der Waals surface area contributed by atoms with Gasteiger partial charge in [0.2, 0.25) is 0 Å². The molecular formula is C15H29N. The maximum atomic E-state index is 3.63. The van der Waals surface area contributed by atoms with Gasteiger partial charge in [0.15, 0.2) is 0 Å². The zero-order chi connectivity index (χ0) is 11.2. The third-order valence-corrected chi connectivity index (χ3v) is 4.76. The molecule has 16 heavy (non-hydrogen) atoms. The standard InChI is InChI=1S/C15H29N/c1-2-10-16-12-15-9-5-8-14(15)11-13-6-3-4-7-13/h13-16H,2-12H2,1H3. The molecule has 0 heterocycles. The van der Waals surface area contributed by atoms with E-state index >= 15 is 0 Å². The van der Waals surface area contributed by atoms with E-state index in [9.17, 15) is 0 Å². The van der Waals surface area contributed by atoms with E-state index in [4.69, 9.17) is 0 Å². The lowest BCUT2D eigenvalue weighted by molar-refractivity contribution is 0.296. The first-order valence-electron chi connectivity index (χ1n) is 7.61. The molecular weight excluding hydrogens is 194 g/mol. The highest BCUT2D eigenvalue weighted by molar-refractivity contribution is 4.82. The summed E-state index contributed by atoms with van der Waals surface area (Å²) in [4.78, 5) is 0. The van der Waals surface area contributed by atoms with Crippen molar-refractivity contribution < 1.29 is 0 Å². The third kappa shape index (κ3) is 3.48. The van der Waals surface area contributed by atoms with Crippen molar-refractivity contribution in [3.05, 3.63) is 0 Å². The van der Waals surface area contributed by atoms with Crippen LogP contribution in [0.1, 0.15) is 64.7 Å². The summed E-state index contributed by atoms with van der Waals surface area (Å²) < 4.78 is 0. The maximum absolute atomic E-state index is 3.63. The molecule has 2 fully saturated rings. The van der Waals surface area contributed by atoms with Crippen LogP contribution < -0.4 is 5.32 Å². The van der Waals surface area contributed by atoms with Gasteiger partial charge in [0.05, 0.1) is 0 Å². The van der Waals surface area contributed by atoms with E-state index in [-0.39, 0.29) is 0 Å². The highest BCUT2D eigenvalue weighted by Crippen LogP contribution is 2.39. The van der Waals surface area contributed by atoms with Crippen LogP contribution in [-0.4, -0.2) is 13.1 Å². The Morgan fingerprint density at radius 3 is 2.44 bits per heavy atom. The number of rotatable bonds is 6. The van der Waals surface area contributed by atoms with Gasteiger partial charge in [-0.1, -0.05) is 45.4 Å². The van der Waals surface area contributed by atoms with Crippen molar-refractivity contribution in [2.24, 2.45) is 17.8 Å². The van der Waals surface area contributed by atoms with E-state index in [2.05, 4.69) is 12.2 Å². The van der Waals surface area contributed by atoms with Gasteiger partial charge in [-0.05, 0) is 50.1 Å². The molecule has 1 N–H and O–H groups in total. The molecule has 0 spiro atoms. The first-order valence-corrected chi connectivity index (χ1v) is 7.61. The normalized spacial score (nSPS) is 31.3. The van der Waals surface area contributed by atoms with Crippen LogP contribution in [0.5, 0.6) is 0 Å². The van der Waals surface area contributed by atoms with Crippen molar-refractivity contribution in [1.29, 1.82) is 0 Å². The van der Waals surface area contributed by atoms with Gasteiger partial charge in [0.25, 0.3) is 0 Å². The molecule has 1 nitrogen and oxygen atoms in total. The maximum Gasteiger partial charge on any atom is -0.00179 e. The van der Waals surface area contributed by atoms with Crippen LogP contribution in [-0.2, 0) is 0 Å². The summed E-state index contributed by atoms with van der Waals surface area (Å²) in [7, 11) is 0. The molecule has 94 valence electrons. The Hall–Kier alpha value is -0.0400. The van der Waals surface area contributed by atoms with Crippen LogP contribution in [0.4, 0.5) is 0 Å². The van der Waals surface area contributed by atoms with Crippen LogP contribution in [0, 0.1) is 17.8 Å². The summed E-state index contributed by atoms with van der Waals surface area (Å²) >= 11 is 0. The molecule has 0 bridgehead atoms. The molecule has 0 aromatic heterocycles. The number of hydrogen-bond donors (Lipinski definition) is 1. The Kier molecular flexibility index (Phi) is 5.15. The Labute approximate surface area is 101 Å². The van der Waals surface area contributed by atoms with Gasteiger partial charge in [-0.2, -0.15) is 0 Å². The lowest BCUT2D eigenvalue weighted by atomic mass is 9.86. The second kappa shape index (κ2) is 6.64. The SMILES string of the molecule is CCCNCC1CCCC1CC1CCCC1. The smallest absolute Gasteiger partial charge is 0.00179 e. The van der Waals surface area contributed by atoms with Crippen LogP contribution in [0.2, 0.25) is 0 Å². The summed E-state index contributed by atoms with van der Waals surface area (Å²) in [6.07, 6.45) is 13.4. The van der Waals surface area contributed by atoms with Crippen LogP contribution in [0.15, 0.2) is 0 Å². The van der Waals surface area contributed by atoms with E-state index in [0.29, 0.717) is 0 Å². The predicted molar refractivity (Wildman–Crippen MR) is 70.6 cm³/mol. The summed E-state index contributed by atoms with van der Waals surface area (Å²) in [5.41, 5.74) is 0. The predicted octanol–water partition coefficient (Wildman–Crippen LogP) is 3.98. The van der Waals surface area contributed by atoms with Gasteiger partial charge >= 0.3 is 0 Å². The fourth-order valence-corrected chi connectivity index (χ4v) is 3.83. The quantitative estimate of drug-likeness (QED) is 0.672. The van der Waals surface area contributed by atoms with Crippen LogP contribution >= 0.6 is 0 Å². The monoisotopic (exact) mass is 223 g/mol. The molecule has 2 saturated carbocycles. The Morgan fingerprint density at radius 1 is 0.938 bits per heavy atom. The van der Waals surface area contributed by atoms with Crippen molar-refractivity contribution >= 4 is 0 Å². The number of hydrogen-bond acceptors (Lipinski definition) is 1. The largest absolute Gasteiger partial charge is 0.316 e. The van der Waals surface area contributed by atoms with Gasteiger partial charge in [-0.15, -0.1) is 0 Å². The summed E-state index contributed by atoms with van der Waals surface area (Å²) in [5, 5.41) is 3.63. The van der Waals surface area contributed by atoms with Crippen LogP contribution in [0.3, 0.4) is 0 Å². The van der Waals surface area contributed by atoms with Crippen molar-refractivity contribution in [3.8, 4) is 0 Å². The molecule has 2 atom stereocenters. The molecule has 2 unspecified atom stereocenters. The van der Waals surface area contributed by atoms with Crippen LogP contribution in [0.25, 0.3) is 0 Å². The summed E-state index contributed by atoms with van der Waals surface area (Å²) in [5.74, 6) is 3.16. The first-order chi connectivity index (χ1) is 7.90. The minimum Gasteiger partial charge on any atom is -0.316 e. The fraction of sp³-hybridized carbons (Fsp3) is 1.00. The summed E-state index contributed by atoms with van der Waals surface area (Å²) in [6.45, 7) is 4.77. The van der Waals surface area contributed by atoms with E-state index in [1.807, 2.05) is 0 Å². The Balaban J connectivity index is 1.69. The van der Waals surface area contributed by atoms with E-state index < -0.39 is 0 Å². The minimum atomic E-state index is 1.01. The first kappa shape index (κ1) is 12.4. The minimum absolute atomic E-state index is 1.01. The number of nitrogens with one attached hydrogen (secondary N) is 1. The zero-order valence-electron chi connectivity index (χ0n) is 11.0. The van der Waals surface area contributed by atoms with E-state index in [0.717, 1.165) is 17.8 Å². The molecule has 1 heteroatoms. The average Bonchev–Trinajstić information content (AvgIpc) is 2.92. The van der Waals surface area contributed by atoms with Crippen molar-refractivity contribution in [1.82, 2.24) is 5.32 Å². The molecule has 0 radical (unpaired) electrons. The molecule has 2 rings (SSSR count). The second-order valence-corrected chi connectivity index (χ2v) is 6.04. The van der Waals surface area contributed by atoms with Gasteiger partial charge < -0.3 is 5.32 Å². The van der Waals surface area contributed by atoms with E-state index in [1.54, 1.807) is 6.42 Å². The lowest BCUT2D eigenvalue weighted by Gasteiger charge is -2.23. The fourth-order valence-electron chi connectivity index (χ4n) is 3.83. The zero-order valence-corrected chi connectivity index (χ0v) is 11.0. The van der Waals surface area contributed by atoms with Crippen molar-refractivity contribution in [2.75, 3.05) is 13.1 Å². The molecule has 0 aromatic rings. The van der Waals surface area contributed by atoms with Gasteiger partial charge in [-0.25, -0.2) is 0 Å². The van der Waals surface area contributed by atoms with Gasteiger partial charge in [0, 0.05) is 0 Å². The second-order valence-electron chi connectivity index (χ2n) is 6.04. The molecule has 2 aliphatic carbocycles. The summed E-state index contributed by atoms with van der Waals surface area (Å²) in [6, 6.07) is 0. The molecule has 0 aliphatic heterocycles. The van der Waals surface area contributed by atoms with E-state index in [1.165, 1.54) is 64.5 Å². The molecule has 0 amide bonds. The van der Waals surface area contributed by atoms with Crippen molar-refractivity contribution in [2.45, 2.75) is 64.7 Å². The average molecular weight is 223 g/mol. The topological polar surface area (TPSA) is 12.0 Å². The molecule has 0 saturated heterocycles. The highest BCUT2D eigenvalue weighted by Gasteiger charge is 2.29. The molecule has 2 aliphatic rings. The Morgan fingerprint density at radius 2 is 1.69 bits per heavy atom. The Bertz CT molecular complexity index is 184.